The van der Waals surface area contributed by atoms with Gasteiger partial charge in [-0.15, -0.1) is 0 Å². The summed E-state index contributed by atoms with van der Waals surface area (Å²) < 4.78 is 14.5. The lowest BCUT2D eigenvalue weighted by Gasteiger charge is -2.14. The Morgan fingerprint density at radius 3 is 2.64 bits per heavy atom. The standard InChI is InChI=1S/C21H17BrFNO/c1-14(16-7-6-15-4-2-3-5-17(15)12-16)24-21(25)11-8-18-13-19(22)9-10-20(18)23/h2-14H,1H3,(H,24,25)/b11-8+/t14-/m0/s1. The fourth-order valence-electron chi connectivity index (χ4n) is 2.63. The number of carbonyl (C=O) groups excluding carboxylic acids is 1. The molecule has 0 aliphatic rings. The summed E-state index contributed by atoms with van der Waals surface area (Å²) >= 11 is 3.29. The van der Waals surface area contributed by atoms with E-state index in [2.05, 4.69) is 33.4 Å². The van der Waals surface area contributed by atoms with E-state index in [9.17, 15) is 9.18 Å². The molecule has 0 aliphatic heterocycles. The molecule has 1 N–H and O–H groups in total. The first-order valence-electron chi connectivity index (χ1n) is 7.95. The highest BCUT2D eigenvalue weighted by atomic mass is 79.9. The van der Waals surface area contributed by atoms with E-state index in [0.717, 1.165) is 20.8 Å². The molecule has 0 radical (unpaired) electrons. The maximum Gasteiger partial charge on any atom is 0.244 e. The van der Waals surface area contributed by atoms with Crippen LogP contribution in [0.4, 0.5) is 4.39 Å². The molecule has 3 aromatic rings. The summed E-state index contributed by atoms with van der Waals surface area (Å²) in [7, 11) is 0. The molecule has 2 nitrogen and oxygen atoms in total. The molecule has 1 amide bonds. The molecule has 0 fully saturated rings. The number of benzene rings is 3. The summed E-state index contributed by atoms with van der Waals surface area (Å²) in [6.45, 7) is 1.93. The predicted molar refractivity (Wildman–Crippen MR) is 104 cm³/mol. The zero-order valence-electron chi connectivity index (χ0n) is 13.7. The van der Waals surface area contributed by atoms with Crippen LogP contribution in [0.5, 0.6) is 0 Å². The van der Waals surface area contributed by atoms with Crippen molar-refractivity contribution in [1.82, 2.24) is 5.32 Å². The van der Waals surface area contributed by atoms with Gasteiger partial charge in [-0.05, 0) is 53.6 Å². The molecule has 0 aromatic heterocycles. The van der Waals surface area contributed by atoms with Crippen LogP contribution in [0.1, 0.15) is 24.1 Å². The van der Waals surface area contributed by atoms with Crippen LogP contribution >= 0.6 is 15.9 Å². The van der Waals surface area contributed by atoms with Crippen molar-refractivity contribution in [3.8, 4) is 0 Å². The number of hydrogen-bond donors (Lipinski definition) is 1. The first-order chi connectivity index (χ1) is 12.0. The predicted octanol–water partition coefficient (Wildman–Crippen LogP) is 5.63. The van der Waals surface area contributed by atoms with E-state index < -0.39 is 0 Å². The van der Waals surface area contributed by atoms with Gasteiger partial charge in [-0.25, -0.2) is 4.39 Å². The number of fused-ring (bicyclic) bond motifs is 1. The number of amides is 1. The van der Waals surface area contributed by atoms with Gasteiger partial charge in [0.05, 0.1) is 6.04 Å². The van der Waals surface area contributed by atoms with Crippen LogP contribution in [-0.4, -0.2) is 5.91 Å². The van der Waals surface area contributed by atoms with Gasteiger partial charge >= 0.3 is 0 Å². The average molecular weight is 398 g/mol. The van der Waals surface area contributed by atoms with Crippen LogP contribution in [0.2, 0.25) is 0 Å². The van der Waals surface area contributed by atoms with Crippen molar-refractivity contribution in [3.05, 3.63) is 88.2 Å². The van der Waals surface area contributed by atoms with Gasteiger partial charge in [0.2, 0.25) is 5.91 Å². The van der Waals surface area contributed by atoms with Crippen molar-refractivity contribution in [3.63, 3.8) is 0 Å². The maximum absolute atomic E-state index is 13.7. The summed E-state index contributed by atoms with van der Waals surface area (Å²) in [5.41, 5.74) is 1.39. The van der Waals surface area contributed by atoms with E-state index >= 15 is 0 Å². The van der Waals surface area contributed by atoms with Gasteiger partial charge in [0, 0.05) is 16.1 Å². The summed E-state index contributed by atoms with van der Waals surface area (Å²) in [6.07, 6.45) is 2.82. The number of carbonyl (C=O) groups is 1. The topological polar surface area (TPSA) is 29.1 Å². The lowest BCUT2D eigenvalue weighted by Crippen LogP contribution is -2.24. The third-order valence-corrected chi connectivity index (χ3v) is 4.50. The van der Waals surface area contributed by atoms with Gasteiger partial charge in [-0.1, -0.05) is 52.3 Å². The minimum Gasteiger partial charge on any atom is -0.346 e. The second-order valence-corrected chi connectivity index (χ2v) is 6.75. The van der Waals surface area contributed by atoms with Crippen molar-refractivity contribution >= 4 is 38.7 Å². The molecule has 25 heavy (non-hydrogen) atoms. The lowest BCUT2D eigenvalue weighted by molar-refractivity contribution is -0.117. The summed E-state index contributed by atoms with van der Waals surface area (Å²) in [5.74, 6) is -0.630. The molecule has 3 aromatic carbocycles. The second-order valence-electron chi connectivity index (χ2n) is 5.84. The fraction of sp³-hybridized carbons (Fsp3) is 0.0952. The van der Waals surface area contributed by atoms with Crippen LogP contribution in [0.3, 0.4) is 0 Å². The summed E-state index contributed by atoms with van der Waals surface area (Å²) in [5, 5.41) is 5.20. The van der Waals surface area contributed by atoms with Crippen molar-refractivity contribution in [2.45, 2.75) is 13.0 Å². The molecular weight excluding hydrogens is 381 g/mol. The third-order valence-electron chi connectivity index (χ3n) is 4.00. The molecule has 126 valence electrons. The van der Waals surface area contributed by atoms with E-state index in [1.165, 1.54) is 18.2 Å². The first kappa shape index (κ1) is 17.4. The van der Waals surface area contributed by atoms with E-state index in [0.29, 0.717) is 5.56 Å². The van der Waals surface area contributed by atoms with E-state index in [1.54, 1.807) is 12.1 Å². The summed E-state index contributed by atoms with van der Waals surface area (Å²) in [4.78, 5) is 12.1. The number of rotatable bonds is 4. The van der Waals surface area contributed by atoms with E-state index in [-0.39, 0.29) is 17.8 Å². The SMILES string of the molecule is C[C@H](NC(=O)/C=C/c1cc(Br)ccc1F)c1ccc2ccccc2c1. The van der Waals surface area contributed by atoms with Gasteiger partial charge in [0.1, 0.15) is 5.82 Å². The van der Waals surface area contributed by atoms with Crippen molar-refractivity contribution in [1.29, 1.82) is 0 Å². The van der Waals surface area contributed by atoms with E-state index in [4.69, 9.17) is 0 Å². The zero-order chi connectivity index (χ0) is 17.8. The quantitative estimate of drug-likeness (QED) is 0.567. The molecule has 0 saturated heterocycles. The smallest absolute Gasteiger partial charge is 0.244 e. The molecular formula is C21H17BrFNO. The van der Waals surface area contributed by atoms with Gasteiger partial charge in [0.15, 0.2) is 0 Å². The average Bonchev–Trinajstić information content (AvgIpc) is 2.62. The van der Waals surface area contributed by atoms with Gasteiger partial charge < -0.3 is 5.32 Å². The Bertz CT molecular complexity index is 952. The van der Waals surface area contributed by atoms with Gasteiger partial charge in [0.25, 0.3) is 0 Å². The normalized spacial score (nSPS) is 12.4. The third kappa shape index (κ3) is 4.34. The number of hydrogen-bond acceptors (Lipinski definition) is 1. The van der Waals surface area contributed by atoms with Crippen LogP contribution in [0.25, 0.3) is 16.8 Å². The molecule has 0 unspecified atom stereocenters. The maximum atomic E-state index is 13.7. The highest BCUT2D eigenvalue weighted by Crippen LogP contribution is 2.20. The molecule has 0 spiro atoms. The number of nitrogens with one attached hydrogen (secondary N) is 1. The molecule has 4 heteroatoms. The van der Waals surface area contributed by atoms with E-state index in [1.807, 2.05) is 37.3 Å². The van der Waals surface area contributed by atoms with Crippen LogP contribution in [-0.2, 0) is 4.79 Å². The summed E-state index contributed by atoms with van der Waals surface area (Å²) in [6, 6.07) is 18.7. The van der Waals surface area contributed by atoms with Gasteiger partial charge in [-0.2, -0.15) is 0 Å². The van der Waals surface area contributed by atoms with Crippen molar-refractivity contribution in [2.75, 3.05) is 0 Å². The Labute approximate surface area is 154 Å². The van der Waals surface area contributed by atoms with Crippen LogP contribution in [0.15, 0.2) is 71.2 Å². The Hall–Kier alpha value is -2.46. The first-order valence-corrected chi connectivity index (χ1v) is 8.74. The largest absolute Gasteiger partial charge is 0.346 e. The lowest BCUT2D eigenvalue weighted by atomic mass is 10.0. The monoisotopic (exact) mass is 397 g/mol. The molecule has 0 aliphatic carbocycles. The number of halogens is 2. The molecule has 3 rings (SSSR count). The molecule has 1 atom stereocenters. The molecule has 0 saturated carbocycles. The fourth-order valence-corrected chi connectivity index (χ4v) is 3.01. The van der Waals surface area contributed by atoms with Crippen LogP contribution in [0, 0.1) is 5.82 Å². The Kier molecular flexibility index (Phi) is 5.29. The minimum atomic E-state index is -0.366. The highest BCUT2D eigenvalue weighted by molar-refractivity contribution is 9.10. The van der Waals surface area contributed by atoms with Crippen LogP contribution < -0.4 is 5.32 Å². The molecule has 0 heterocycles. The van der Waals surface area contributed by atoms with Gasteiger partial charge in [-0.3, -0.25) is 4.79 Å². The Morgan fingerprint density at radius 2 is 1.84 bits per heavy atom. The zero-order valence-corrected chi connectivity index (χ0v) is 15.3. The second kappa shape index (κ2) is 7.62. The van der Waals surface area contributed by atoms with Crippen molar-refractivity contribution in [2.24, 2.45) is 0 Å². The Morgan fingerprint density at radius 1 is 1.08 bits per heavy atom. The Balaban J connectivity index is 1.71. The van der Waals surface area contributed by atoms with Crippen molar-refractivity contribution < 1.29 is 9.18 Å². The highest BCUT2D eigenvalue weighted by Gasteiger charge is 2.08. The molecule has 0 bridgehead atoms. The minimum absolute atomic E-state index is 0.144.